The van der Waals surface area contributed by atoms with Crippen molar-refractivity contribution < 1.29 is 30.4 Å². The molecule has 0 aliphatic heterocycles. The average Bonchev–Trinajstić information content (AvgIpc) is 3.11. The Bertz CT molecular complexity index is 1150. The Morgan fingerprint density at radius 2 is 1.69 bits per heavy atom. The predicted molar refractivity (Wildman–Crippen MR) is 96.3 cm³/mol. The van der Waals surface area contributed by atoms with Crippen LogP contribution in [0, 0.1) is 11.6 Å². The molecule has 0 bridgehead atoms. The van der Waals surface area contributed by atoms with E-state index in [1.807, 2.05) is 0 Å². The van der Waals surface area contributed by atoms with Gasteiger partial charge in [-0.1, -0.05) is 29.5 Å². The number of sulfone groups is 1. The second kappa shape index (κ2) is 7.67. The highest BCUT2D eigenvalue weighted by Gasteiger charge is 2.36. The van der Waals surface area contributed by atoms with Gasteiger partial charge in [0.05, 0.1) is 10.9 Å². The molecule has 2 aromatic carbocycles. The number of nitrogens with one attached hydrogen (secondary N) is 1. The Morgan fingerprint density at radius 3 is 2.28 bits per heavy atom. The molecule has 1 unspecified atom stereocenters. The number of halogens is 5. The number of hydrogen-bond donors (Lipinski definition) is 1. The van der Waals surface area contributed by atoms with Gasteiger partial charge in [0.15, 0.2) is 21.5 Å². The van der Waals surface area contributed by atoms with Gasteiger partial charge in [0.1, 0.15) is 0 Å². The molecule has 3 aromatic rings. The zero-order chi connectivity index (χ0) is 21.4. The Hall–Kier alpha value is -2.60. The highest BCUT2D eigenvalue weighted by atomic mass is 32.2. The number of anilines is 1. The summed E-state index contributed by atoms with van der Waals surface area (Å²) in [5.41, 5.74) is 0.445. The summed E-state index contributed by atoms with van der Waals surface area (Å²) in [6, 6.07) is 7.51. The number of aromatic nitrogens is 2. The van der Waals surface area contributed by atoms with Crippen molar-refractivity contribution >= 4 is 26.3 Å². The van der Waals surface area contributed by atoms with Crippen LogP contribution >= 0.6 is 11.3 Å². The lowest BCUT2D eigenvalue weighted by Crippen LogP contribution is -2.13. The van der Waals surface area contributed by atoms with E-state index >= 15 is 0 Å². The number of benzene rings is 2. The summed E-state index contributed by atoms with van der Waals surface area (Å²) >= 11 is 0.230. The van der Waals surface area contributed by atoms with Gasteiger partial charge in [-0.05, 0) is 35.4 Å². The van der Waals surface area contributed by atoms with E-state index < -0.39 is 38.7 Å². The molecule has 3 rings (SSSR count). The van der Waals surface area contributed by atoms with Crippen molar-refractivity contribution in [2.45, 2.75) is 17.1 Å². The summed E-state index contributed by atoms with van der Waals surface area (Å²) in [5.74, 6) is -2.27. The van der Waals surface area contributed by atoms with Gasteiger partial charge in [-0.25, -0.2) is 17.2 Å². The molecule has 0 spiro atoms. The Morgan fingerprint density at radius 1 is 1.00 bits per heavy atom. The molecule has 1 heterocycles. The van der Waals surface area contributed by atoms with Crippen molar-refractivity contribution in [1.82, 2.24) is 10.2 Å². The van der Waals surface area contributed by atoms with Crippen LogP contribution in [-0.4, -0.2) is 24.9 Å². The van der Waals surface area contributed by atoms with E-state index in [-0.39, 0.29) is 26.9 Å². The first-order chi connectivity index (χ1) is 13.4. The molecule has 5 nitrogen and oxygen atoms in total. The maximum atomic E-state index is 13.8. The van der Waals surface area contributed by atoms with Gasteiger partial charge < -0.3 is 5.32 Å². The van der Waals surface area contributed by atoms with Crippen LogP contribution in [-0.2, 0) is 16.0 Å². The fourth-order valence-electron chi connectivity index (χ4n) is 2.50. The van der Waals surface area contributed by atoms with Gasteiger partial charge in [-0.3, -0.25) is 0 Å². The van der Waals surface area contributed by atoms with Crippen LogP contribution in [0.1, 0.15) is 22.2 Å². The van der Waals surface area contributed by atoms with Gasteiger partial charge in [-0.2, -0.15) is 13.2 Å². The Kier molecular flexibility index (Phi) is 5.59. The van der Waals surface area contributed by atoms with E-state index in [2.05, 4.69) is 15.5 Å². The Labute approximate surface area is 166 Å². The van der Waals surface area contributed by atoms with Crippen LogP contribution in [0.4, 0.5) is 27.1 Å². The molecule has 1 aromatic heterocycles. The maximum Gasteiger partial charge on any atom is 0.445 e. The summed E-state index contributed by atoms with van der Waals surface area (Å²) in [5, 5.41) is 7.78. The van der Waals surface area contributed by atoms with Gasteiger partial charge >= 0.3 is 6.18 Å². The lowest BCUT2D eigenvalue weighted by Gasteiger charge is -2.20. The monoisotopic (exact) mass is 449 g/mol. The molecule has 0 aliphatic rings. The number of alkyl halides is 3. The van der Waals surface area contributed by atoms with Crippen molar-refractivity contribution in [3.63, 3.8) is 0 Å². The van der Waals surface area contributed by atoms with E-state index in [0.29, 0.717) is 5.56 Å². The van der Waals surface area contributed by atoms with E-state index in [4.69, 9.17) is 0 Å². The van der Waals surface area contributed by atoms with E-state index in [1.54, 1.807) is 0 Å². The smallest absolute Gasteiger partial charge is 0.349 e. The predicted octanol–water partition coefficient (Wildman–Crippen LogP) is 4.44. The highest BCUT2D eigenvalue weighted by molar-refractivity contribution is 7.90. The van der Waals surface area contributed by atoms with E-state index in [0.717, 1.165) is 18.4 Å². The molecular weight excluding hydrogens is 437 g/mol. The topological polar surface area (TPSA) is 72.0 Å². The minimum atomic E-state index is -4.69. The zero-order valence-electron chi connectivity index (χ0n) is 14.5. The molecule has 154 valence electrons. The van der Waals surface area contributed by atoms with Crippen LogP contribution in [0.5, 0.6) is 0 Å². The first-order valence-corrected chi connectivity index (χ1v) is 10.6. The summed E-state index contributed by atoms with van der Waals surface area (Å²) in [6.07, 6.45) is -3.70. The molecule has 0 fully saturated rings. The quantitative estimate of drug-likeness (QED) is 0.583. The molecule has 0 amide bonds. The van der Waals surface area contributed by atoms with Crippen LogP contribution in [0.15, 0.2) is 47.4 Å². The third-order valence-electron chi connectivity index (χ3n) is 3.83. The molecule has 1 atom stereocenters. The fraction of sp³-hybridized carbons (Fsp3) is 0.176. The molecule has 0 saturated heterocycles. The highest BCUT2D eigenvalue weighted by Crippen LogP contribution is 2.35. The van der Waals surface area contributed by atoms with Crippen LogP contribution in [0.3, 0.4) is 0 Å². The van der Waals surface area contributed by atoms with Crippen LogP contribution in [0.2, 0.25) is 0 Å². The molecule has 29 heavy (non-hydrogen) atoms. The second-order valence-electron chi connectivity index (χ2n) is 6.01. The molecule has 0 aliphatic carbocycles. The number of rotatable bonds is 5. The molecule has 0 saturated carbocycles. The summed E-state index contributed by atoms with van der Waals surface area (Å²) in [7, 11) is -3.58. The third kappa shape index (κ3) is 4.88. The number of hydrogen-bond acceptors (Lipinski definition) is 6. The first-order valence-electron chi connectivity index (χ1n) is 7.87. The Balaban J connectivity index is 2.07. The normalized spacial score (nSPS) is 13.3. The van der Waals surface area contributed by atoms with E-state index in [9.17, 15) is 30.4 Å². The van der Waals surface area contributed by atoms with Crippen molar-refractivity contribution in [3.05, 3.63) is 70.2 Å². The van der Waals surface area contributed by atoms with Crippen LogP contribution in [0.25, 0.3) is 0 Å². The minimum absolute atomic E-state index is 0.0439. The molecular formula is C17H12F5N3O2S2. The number of nitrogens with zero attached hydrogens (tertiary/aromatic N) is 2. The van der Waals surface area contributed by atoms with E-state index in [1.165, 1.54) is 30.3 Å². The van der Waals surface area contributed by atoms with Crippen molar-refractivity contribution in [2.24, 2.45) is 0 Å². The molecule has 0 radical (unpaired) electrons. The van der Waals surface area contributed by atoms with Gasteiger partial charge in [0, 0.05) is 6.26 Å². The standard InChI is InChI=1S/C17H12F5N3O2S2/c1-29(26,27)11-4-2-3-9(7-11)14(10-5-6-12(18)13(19)8-10)23-16-25-24-15(28-16)17(20,21)22/h2-8,14H,1H3,(H,23,25). The summed E-state index contributed by atoms with van der Waals surface area (Å²) in [4.78, 5) is -0.0439. The summed E-state index contributed by atoms with van der Waals surface area (Å²) < 4.78 is 89.1. The molecule has 12 heteroatoms. The zero-order valence-corrected chi connectivity index (χ0v) is 16.2. The SMILES string of the molecule is CS(=O)(=O)c1cccc(C(Nc2nnc(C(F)(F)F)s2)c2ccc(F)c(F)c2)c1. The maximum absolute atomic E-state index is 13.8. The van der Waals surface area contributed by atoms with Gasteiger partial charge in [-0.15, -0.1) is 10.2 Å². The average molecular weight is 449 g/mol. The van der Waals surface area contributed by atoms with Crippen LogP contribution < -0.4 is 5.32 Å². The second-order valence-corrected chi connectivity index (χ2v) is 9.00. The lowest BCUT2D eigenvalue weighted by atomic mass is 9.98. The largest absolute Gasteiger partial charge is 0.445 e. The van der Waals surface area contributed by atoms with Gasteiger partial charge in [0.2, 0.25) is 10.1 Å². The van der Waals surface area contributed by atoms with Crippen molar-refractivity contribution in [2.75, 3.05) is 11.6 Å². The molecule has 1 N–H and O–H groups in total. The third-order valence-corrected chi connectivity index (χ3v) is 5.84. The summed E-state index contributed by atoms with van der Waals surface area (Å²) in [6.45, 7) is 0. The first kappa shape index (κ1) is 21.1. The van der Waals surface area contributed by atoms with Crippen molar-refractivity contribution in [1.29, 1.82) is 0 Å². The minimum Gasteiger partial charge on any atom is -0.349 e. The fourth-order valence-corrected chi connectivity index (χ4v) is 3.81. The lowest BCUT2D eigenvalue weighted by molar-refractivity contribution is -0.138. The van der Waals surface area contributed by atoms with Gasteiger partial charge in [0.25, 0.3) is 0 Å². The van der Waals surface area contributed by atoms with Crippen molar-refractivity contribution in [3.8, 4) is 0 Å².